The maximum atomic E-state index is 12.1. The molecule has 2 heterocycles. The molecule has 2 aromatic carbocycles. The Balaban J connectivity index is 1.64. The Labute approximate surface area is 162 Å². The first-order valence-electron chi connectivity index (χ1n) is 8.13. The largest absolute Gasteiger partial charge is 0.457 e. The molecular weight excluding hydrogens is 384 g/mol. The van der Waals surface area contributed by atoms with Gasteiger partial charge in [0.2, 0.25) is 5.89 Å². The van der Waals surface area contributed by atoms with E-state index < -0.39 is 10.5 Å². The van der Waals surface area contributed by atoms with Gasteiger partial charge in [-0.1, -0.05) is 23.7 Å². The maximum absolute atomic E-state index is 12.1. The van der Waals surface area contributed by atoms with E-state index in [9.17, 15) is 14.9 Å². The molecule has 0 saturated heterocycles. The van der Waals surface area contributed by atoms with Crippen LogP contribution in [0.15, 0.2) is 74.3 Å². The number of nitro groups is 1. The van der Waals surface area contributed by atoms with Gasteiger partial charge in [0.1, 0.15) is 16.6 Å². The van der Waals surface area contributed by atoms with Crippen molar-refractivity contribution in [1.29, 1.82) is 0 Å². The molecule has 0 fully saturated rings. The van der Waals surface area contributed by atoms with E-state index in [4.69, 9.17) is 20.4 Å². The minimum atomic E-state index is -0.529. The summed E-state index contributed by atoms with van der Waals surface area (Å²) in [6.45, 7) is 0. The van der Waals surface area contributed by atoms with Crippen LogP contribution in [-0.2, 0) is 0 Å². The number of hydrogen-bond acceptors (Lipinski definition) is 6. The van der Waals surface area contributed by atoms with Gasteiger partial charge in [-0.05, 0) is 36.4 Å². The molecule has 0 spiro atoms. The lowest BCUT2D eigenvalue weighted by Crippen LogP contribution is -2.03. The fourth-order valence-electron chi connectivity index (χ4n) is 2.64. The van der Waals surface area contributed by atoms with Crippen molar-refractivity contribution in [3.05, 3.63) is 92.8 Å². The van der Waals surface area contributed by atoms with Crippen LogP contribution in [-0.4, -0.2) is 9.91 Å². The third-order valence-electron chi connectivity index (χ3n) is 4.00. The Morgan fingerprint density at radius 3 is 2.54 bits per heavy atom. The van der Waals surface area contributed by atoms with Gasteiger partial charge < -0.3 is 8.83 Å². The molecule has 0 atom stereocenters. The van der Waals surface area contributed by atoms with Crippen LogP contribution in [0.5, 0.6) is 0 Å². The topological polar surface area (TPSA) is 99.4 Å². The molecule has 0 N–H and O–H groups in total. The van der Waals surface area contributed by atoms with Crippen molar-refractivity contribution in [1.82, 2.24) is 4.98 Å². The van der Waals surface area contributed by atoms with Crippen LogP contribution in [0, 0.1) is 10.1 Å². The summed E-state index contributed by atoms with van der Waals surface area (Å²) < 4.78 is 10.9. The van der Waals surface area contributed by atoms with E-state index in [1.165, 1.54) is 18.2 Å². The normalized spacial score (nSPS) is 11.7. The van der Waals surface area contributed by atoms with E-state index in [0.717, 1.165) is 0 Å². The first kappa shape index (κ1) is 17.7. The Morgan fingerprint density at radius 1 is 1.04 bits per heavy atom. The van der Waals surface area contributed by atoms with E-state index in [1.54, 1.807) is 48.5 Å². The van der Waals surface area contributed by atoms with Crippen LogP contribution in [0.1, 0.15) is 11.7 Å². The highest BCUT2D eigenvalue weighted by atomic mass is 35.5. The molecule has 4 rings (SSSR count). The van der Waals surface area contributed by atoms with Gasteiger partial charge in [-0.25, -0.2) is 9.78 Å². The molecule has 28 heavy (non-hydrogen) atoms. The molecule has 0 saturated carbocycles. The molecule has 0 aliphatic rings. The molecule has 7 nitrogen and oxygen atoms in total. The maximum Gasteiger partial charge on any atom is 0.347 e. The van der Waals surface area contributed by atoms with Crippen molar-refractivity contribution in [3.8, 4) is 11.3 Å². The second-order valence-corrected chi connectivity index (χ2v) is 6.23. The number of non-ortho nitro benzene ring substituents is 1. The van der Waals surface area contributed by atoms with E-state index in [1.807, 2.05) is 0 Å². The average Bonchev–Trinajstić information content (AvgIpc) is 3.16. The van der Waals surface area contributed by atoms with Crippen LogP contribution < -0.4 is 5.63 Å². The number of fused-ring (bicyclic) bond motifs is 1. The van der Waals surface area contributed by atoms with Crippen molar-refractivity contribution in [2.45, 2.75) is 0 Å². The predicted octanol–water partition coefficient (Wildman–Crippen LogP) is 5.09. The Bertz CT molecular complexity index is 1270. The van der Waals surface area contributed by atoms with Gasteiger partial charge >= 0.3 is 5.63 Å². The van der Waals surface area contributed by atoms with Gasteiger partial charge in [-0.3, -0.25) is 10.1 Å². The number of halogens is 1. The van der Waals surface area contributed by atoms with Gasteiger partial charge in [0.25, 0.3) is 5.69 Å². The summed E-state index contributed by atoms with van der Waals surface area (Å²) in [6.07, 6.45) is 1.48. The Hall–Kier alpha value is -3.71. The van der Waals surface area contributed by atoms with E-state index in [2.05, 4.69) is 4.98 Å². The van der Waals surface area contributed by atoms with E-state index in [0.29, 0.717) is 28.0 Å². The molecule has 8 heteroatoms. The van der Waals surface area contributed by atoms with Crippen LogP contribution >= 0.6 is 11.6 Å². The van der Waals surface area contributed by atoms with Gasteiger partial charge in [0.15, 0.2) is 0 Å². The highest BCUT2D eigenvalue weighted by Gasteiger charge is 2.11. The quantitative estimate of drug-likeness (QED) is 0.353. The van der Waals surface area contributed by atoms with Crippen molar-refractivity contribution in [2.75, 3.05) is 0 Å². The summed E-state index contributed by atoms with van der Waals surface area (Å²) in [4.78, 5) is 26.6. The first-order valence-corrected chi connectivity index (χ1v) is 8.51. The van der Waals surface area contributed by atoms with Crippen LogP contribution in [0.4, 0.5) is 5.69 Å². The number of furan rings is 1. The SMILES string of the molecule is O=c1oc(/C(Cl)=C/c2ccc(-c3ccc([N+](=O)[O-])cc3)o2)nc2ccccc12. The van der Waals surface area contributed by atoms with Crippen molar-refractivity contribution in [2.24, 2.45) is 0 Å². The van der Waals surface area contributed by atoms with E-state index >= 15 is 0 Å². The minimum absolute atomic E-state index is 0.00382. The summed E-state index contributed by atoms with van der Waals surface area (Å²) in [5.41, 5.74) is 0.622. The minimum Gasteiger partial charge on any atom is -0.457 e. The molecule has 0 radical (unpaired) electrons. The summed E-state index contributed by atoms with van der Waals surface area (Å²) in [7, 11) is 0. The first-order chi connectivity index (χ1) is 13.5. The monoisotopic (exact) mass is 394 g/mol. The number of para-hydroxylation sites is 1. The smallest absolute Gasteiger partial charge is 0.347 e. The molecule has 138 valence electrons. The fraction of sp³-hybridized carbons (Fsp3) is 0. The highest BCUT2D eigenvalue weighted by molar-refractivity contribution is 6.50. The van der Waals surface area contributed by atoms with Gasteiger partial charge in [-0.15, -0.1) is 0 Å². The van der Waals surface area contributed by atoms with Crippen LogP contribution in [0.3, 0.4) is 0 Å². The molecule has 0 bridgehead atoms. The number of aromatic nitrogens is 1. The summed E-state index contributed by atoms with van der Waals surface area (Å²) in [5.74, 6) is 0.910. The Kier molecular flexibility index (Phi) is 4.50. The van der Waals surface area contributed by atoms with E-state index in [-0.39, 0.29) is 16.6 Å². The number of nitrogens with zero attached hydrogens (tertiary/aromatic N) is 2. The standard InChI is InChI=1S/C20H11ClN2O5/c21-16(19-22-17-4-2-1-3-15(17)20(24)28-19)11-14-9-10-18(27-14)12-5-7-13(8-6-12)23(25)26/h1-11H/b16-11-. The van der Waals surface area contributed by atoms with Gasteiger partial charge in [0.05, 0.1) is 15.8 Å². The van der Waals surface area contributed by atoms with Crippen molar-refractivity contribution < 1.29 is 13.8 Å². The highest BCUT2D eigenvalue weighted by Crippen LogP contribution is 2.27. The second kappa shape index (κ2) is 7.13. The molecule has 2 aromatic heterocycles. The lowest BCUT2D eigenvalue weighted by Gasteiger charge is -2.00. The van der Waals surface area contributed by atoms with Crippen molar-refractivity contribution >= 4 is 39.3 Å². The average molecular weight is 395 g/mol. The molecule has 4 aromatic rings. The molecule has 0 unspecified atom stereocenters. The second-order valence-electron chi connectivity index (χ2n) is 5.82. The molecule has 0 aliphatic carbocycles. The lowest BCUT2D eigenvalue weighted by atomic mass is 10.1. The number of hydrogen-bond donors (Lipinski definition) is 0. The summed E-state index contributed by atoms with van der Waals surface area (Å²) in [6, 6.07) is 16.2. The zero-order chi connectivity index (χ0) is 19.7. The number of rotatable bonds is 4. The number of benzene rings is 2. The van der Waals surface area contributed by atoms with Crippen molar-refractivity contribution in [3.63, 3.8) is 0 Å². The molecule has 0 aliphatic heterocycles. The molecular formula is C20H11ClN2O5. The predicted molar refractivity (Wildman–Crippen MR) is 105 cm³/mol. The molecule has 0 amide bonds. The number of nitro benzene ring substituents is 1. The van der Waals surface area contributed by atoms with Crippen LogP contribution in [0.2, 0.25) is 0 Å². The Morgan fingerprint density at radius 2 is 1.79 bits per heavy atom. The summed E-state index contributed by atoms with van der Waals surface area (Å²) >= 11 is 6.26. The third kappa shape index (κ3) is 3.43. The zero-order valence-corrected chi connectivity index (χ0v) is 14.9. The fourth-order valence-corrected chi connectivity index (χ4v) is 2.83. The zero-order valence-electron chi connectivity index (χ0n) is 14.2. The third-order valence-corrected chi connectivity index (χ3v) is 4.27. The van der Waals surface area contributed by atoms with Crippen LogP contribution in [0.25, 0.3) is 33.3 Å². The van der Waals surface area contributed by atoms with Gasteiger partial charge in [-0.2, -0.15) is 0 Å². The summed E-state index contributed by atoms with van der Waals surface area (Å²) in [5, 5.41) is 11.2. The van der Waals surface area contributed by atoms with Gasteiger partial charge in [0, 0.05) is 23.8 Å². The lowest BCUT2D eigenvalue weighted by molar-refractivity contribution is -0.384.